The first-order chi connectivity index (χ1) is 10.5. The van der Waals surface area contributed by atoms with Gasteiger partial charge in [-0.3, -0.25) is 4.79 Å². The predicted octanol–water partition coefficient (Wildman–Crippen LogP) is 0.367. The number of alkyl carbamates (subject to hydrolysis) is 1. The van der Waals surface area contributed by atoms with E-state index in [2.05, 4.69) is 10.6 Å². The van der Waals surface area contributed by atoms with Crippen molar-refractivity contribution < 1.29 is 24.2 Å². The van der Waals surface area contributed by atoms with E-state index in [1.807, 2.05) is 18.2 Å². The summed E-state index contributed by atoms with van der Waals surface area (Å²) in [4.78, 5) is 33.7. The summed E-state index contributed by atoms with van der Waals surface area (Å²) in [6.45, 7) is 1.58. The van der Waals surface area contributed by atoms with Crippen molar-refractivity contribution in [2.75, 3.05) is 6.54 Å². The van der Waals surface area contributed by atoms with Crippen LogP contribution in [0.3, 0.4) is 0 Å². The monoisotopic (exact) mass is 308 g/mol. The summed E-state index contributed by atoms with van der Waals surface area (Å²) in [5, 5.41) is 14.3. The van der Waals surface area contributed by atoms with E-state index < -0.39 is 24.1 Å². The number of rotatable bonds is 8. The van der Waals surface area contributed by atoms with Crippen LogP contribution in [0.2, 0.25) is 0 Å². The average Bonchev–Trinajstić information content (AvgIpc) is 2.51. The molecule has 0 bridgehead atoms. The van der Waals surface area contributed by atoms with Crippen LogP contribution in [-0.2, 0) is 20.9 Å². The minimum atomic E-state index is -1.14. The molecular weight excluding hydrogens is 288 g/mol. The third kappa shape index (κ3) is 6.36. The number of carbonyl (C=O) groups excluding carboxylic acids is 3. The largest absolute Gasteiger partial charge is 0.445 e. The van der Waals surface area contributed by atoms with Gasteiger partial charge < -0.3 is 25.3 Å². The number of nitrogens with one attached hydrogen (secondary N) is 2. The molecule has 0 aliphatic carbocycles. The van der Waals surface area contributed by atoms with Crippen LogP contribution >= 0.6 is 0 Å². The number of carbonyl (C=O) groups is 3. The Kier molecular flexibility index (Phi) is 7.63. The molecule has 1 aromatic rings. The van der Waals surface area contributed by atoms with Gasteiger partial charge >= 0.3 is 6.09 Å². The van der Waals surface area contributed by atoms with Crippen LogP contribution < -0.4 is 10.6 Å². The van der Waals surface area contributed by atoms with Gasteiger partial charge in [-0.05, 0) is 12.5 Å². The number of aliphatic hydroxyl groups excluding tert-OH is 1. The van der Waals surface area contributed by atoms with Gasteiger partial charge in [-0.15, -0.1) is 0 Å². The van der Waals surface area contributed by atoms with Crippen molar-refractivity contribution in [1.82, 2.24) is 10.6 Å². The van der Waals surface area contributed by atoms with Gasteiger partial charge in [0.05, 0.1) is 6.10 Å². The van der Waals surface area contributed by atoms with Gasteiger partial charge in [-0.1, -0.05) is 30.3 Å². The Hall–Kier alpha value is -2.41. The zero-order valence-electron chi connectivity index (χ0n) is 12.3. The molecule has 22 heavy (non-hydrogen) atoms. The minimum absolute atomic E-state index is 0.0615. The lowest BCUT2D eigenvalue weighted by Crippen LogP contribution is -2.52. The zero-order valence-corrected chi connectivity index (χ0v) is 12.3. The number of benzene rings is 1. The van der Waals surface area contributed by atoms with Crippen molar-refractivity contribution in [2.45, 2.75) is 32.1 Å². The summed E-state index contributed by atoms with van der Waals surface area (Å²) in [5.41, 5.74) is 0.807. The van der Waals surface area contributed by atoms with Gasteiger partial charge in [-0.25, -0.2) is 4.79 Å². The number of aliphatic hydroxyl groups is 1. The Labute approximate surface area is 128 Å². The molecule has 0 spiro atoms. The van der Waals surface area contributed by atoms with Crippen molar-refractivity contribution >= 4 is 18.3 Å². The molecule has 0 heterocycles. The molecule has 120 valence electrons. The quantitative estimate of drug-likeness (QED) is 0.475. The molecule has 0 radical (unpaired) electrons. The molecule has 2 atom stereocenters. The Morgan fingerprint density at radius 3 is 2.59 bits per heavy atom. The smallest absolute Gasteiger partial charge is 0.408 e. The molecule has 1 rings (SSSR count). The second-order valence-electron chi connectivity index (χ2n) is 4.67. The maximum atomic E-state index is 11.8. The van der Waals surface area contributed by atoms with E-state index in [0.717, 1.165) is 5.56 Å². The summed E-state index contributed by atoms with van der Waals surface area (Å²) in [6.07, 6.45) is -1.07. The Balaban J connectivity index is 2.46. The number of ether oxygens (including phenoxy) is 1. The number of hydrogen-bond acceptors (Lipinski definition) is 5. The molecule has 2 amide bonds. The topological polar surface area (TPSA) is 105 Å². The first kappa shape index (κ1) is 17.6. The maximum absolute atomic E-state index is 11.8. The van der Waals surface area contributed by atoms with Crippen LogP contribution in [0.4, 0.5) is 4.79 Å². The number of aldehydes is 1. The van der Waals surface area contributed by atoms with Gasteiger partial charge in [0, 0.05) is 13.0 Å². The van der Waals surface area contributed by atoms with Gasteiger partial charge in [0.2, 0.25) is 5.91 Å². The Morgan fingerprint density at radius 2 is 2.00 bits per heavy atom. The van der Waals surface area contributed by atoms with Gasteiger partial charge in [-0.2, -0.15) is 0 Å². The van der Waals surface area contributed by atoms with Gasteiger partial charge in [0.25, 0.3) is 0 Å². The van der Waals surface area contributed by atoms with Gasteiger partial charge in [0.1, 0.15) is 18.9 Å². The summed E-state index contributed by atoms with van der Waals surface area (Å²) in [5.74, 6) is -0.575. The van der Waals surface area contributed by atoms with Crippen LogP contribution in [0.15, 0.2) is 30.3 Å². The molecule has 0 aliphatic heterocycles. The van der Waals surface area contributed by atoms with Crippen LogP contribution in [0.5, 0.6) is 0 Å². The third-order valence-electron chi connectivity index (χ3n) is 2.81. The Bertz CT molecular complexity index is 490. The van der Waals surface area contributed by atoms with E-state index in [1.54, 1.807) is 12.1 Å². The van der Waals surface area contributed by atoms with Crippen molar-refractivity contribution in [3.63, 3.8) is 0 Å². The summed E-state index contributed by atoms with van der Waals surface area (Å²) >= 11 is 0. The minimum Gasteiger partial charge on any atom is -0.445 e. The highest BCUT2D eigenvalue weighted by atomic mass is 16.5. The highest BCUT2D eigenvalue weighted by molar-refractivity contribution is 5.86. The fourth-order valence-corrected chi connectivity index (χ4v) is 1.66. The number of hydrogen-bond donors (Lipinski definition) is 3. The first-order valence-electron chi connectivity index (χ1n) is 6.91. The van der Waals surface area contributed by atoms with E-state index in [-0.39, 0.29) is 19.6 Å². The summed E-state index contributed by atoms with van der Waals surface area (Å²) in [7, 11) is 0. The lowest BCUT2D eigenvalue weighted by Gasteiger charge is -2.20. The van der Waals surface area contributed by atoms with Crippen molar-refractivity contribution in [2.24, 2.45) is 0 Å². The molecule has 7 heteroatoms. The Morgan fingerprint density at radius 1 is 1.32 bits per heavy atom. The van der Waals surface area contributed by atoms with E-state index in [0.29, 0.717) is 6.29 Å². The molecule has 3 N–H and O–H groups in total. The molecule has 0 saturated heterocycles. The molecule has 0 aromatic heterocycles. The van der Waals surface area contributed by atoms with Gasteiger partial charge in [0.15, 0.2) is 0 Å². The fraction of sp³-hybridized carbons (Fsp3) is 0.400. The lowest BCUT2D eigenvalue weighted by atomic mass is 10.1. The third-order valence-corrected chi connectivity index (χ3v) is 2.81. The second-order valence-corrected chi connectivity index (χ2v) is 4.67. The van der Waals surface area contributed by atoms with Crippen LogP contribution in [-0.4, -0.2) is 42.1 Å². The summed E-state index contributed by atoms with van der Waals surface area (Å²) < 4.78 is 4.99. The van der Waals surface area contributed by atoms with E-state index in [4.69, 9.17) is 4.74 Å². The molecule has 2 unspecified atom stereocenters. The predicted molar refractivity (Wildman–Crippen MR) is 78.9 cm³/mol. The fourth-order valence-electron chi connectivity index (χ4n) is 1.66. The SMILES string of the molecule is CC(O)C(NC(=O)OCc1ccccc1)C(=O)NCCC=O. The zero-order chi connectivity index (χ0) is 16.4. The van der Waals surface area contributed by atoms with Crippen LogP contribution in [0, 0.1) is 0 Å². The second kappa shape index (κ2) is 9.51. The van der Waals surface area contributed by atoms with Crippen molar-refractivity contribution in [3.05, 3.63) is 35.9 Å². The van der Waals surface area contributed by atoms with E-state index >= 15 is 0 Å². The van der Waals surface area contributed by atoms with Crippen LogP contribution in [0.25, 0.3) is 0 Å². The number of amides is 2. The normalized spacial score (nSPS) is 12.8. The molecular formula is C15H20N2O5. The van der Waals surface area contributed by atoms with E-state index in [9.17, 15) is 19.5 Å². The maximum Gasteiger partial charge on any atom is 0.408 e. The molecule has 0 fully saturated rings. The first-order valence-corrected chi connectivity index (χ1v) is 6.91. The van der Waals surface area contributed by atoms with Crippen molar-refractivity contribution in [1.29, 1.82) is 0 Å². The standard InChI is InChI=1S/C15H20N2O5/c1-11(19)13(14(20)16-8-5-9-18)17-15(21)22-10-12-6-3-2-4-7-12/h2-4,6-7,9,11,13,19H,5,8,10H2,1H3,(H,16,20)(H,17,21). The highest BCUT2D eigenvalue weighted by Crippen LogP contribution is 2.01. The lowest BCUT2D eigenvalue weighted by molar-refractivity contribution is -0.125. The van der Waals surface area contributed by atoms with Crippen molar-refractivity contribution in [3.8, 4) is 0 Å². The molecule has 0 aliphatic rings. The van der Waals surface area contributed by atoms with E-state index in [1.165, 1.54) is 6.92 Å². The van der Waals surface area contributed by atoms with Crippen LogP contribution in [0.1, 0.15) is 18.9 Å². The molecule has 0 saturated carbocycles. The molecule has 1 aromatic carbocycles. The molecule has 7 nitrogen and oxygen atoms in total. The highest BCUT2D eigenvalue weighted by Gasteiger charge is 2.25. The average molecular weight is 308 g/mol. The summed E-state index contributed by atoms with van der Waals surface area (Å²) in [6, 6.07) is 7.93.